The molecule has 1 N–H and O–H groups in total. The number of allylic oxidation sites excluding steroid dienone is 3. The maximum Gasteiger partial charge on any atom is 0.294 e. The first-order valence-corrected chi connectivity index (χ1v) is 11.5. The Morgan fingerprint density at radius 2 is 1.81 bits per heavy atom. The zero-order valence-electron chi connectivity index (χ0n) is 18.1. The number of carbonyl (C=O) groups excluding carboxylic acids is 1. The first kappa shape index (κ1) is 22.7. The zero-order valence-corrected chi connectivity index (χ0v) is 18.9. The Morgan fingerprint density at radius 1 is 1.13 bits per heavy atom. The van der Waals surface area contributed by atoms with E-state index in [1.807, 2.05) is 63.3 Å². The Balaban J connectivity index is 1.93. The van der Waals surface area contributed by atoms with Crippen LogP contribution in [-0.2, 0) is 20.3 Å². The van der Waals surface area contributed by atoms with E-state index in [0.717, 1.165) is 22.6 Å². The zero-order chi connectivity index (χ0) is 22.8. The molecule has 7 heteroatoms. The van der Waals surface area contributed by atoms with E-state index in [-0.39, 0.29) is 10.8 Å². The largest absolute Gasteiger partial charge is 0.294 e. The molecule has 162 valence electrons. The van der Waals surface area contributed by atoms with Crippen LogP contribution in [0.2, 0.25) is 0 Å². The highest BCUT2D eigenvalue weighted by molar-refractivity contribution is 7.85. The van der Waals surface area contributed by atoms with Gasteiger partial charge in [-0.15, -0.1) is 0 Å². The van der Waals surface area contributed by atoms with Gasteiger partial charge >= 0.3 is 0 Å². The van der Waals surface area contributed by atoms with Crippen molar-refractivity contribution in [2.75, 3.05) is 11.4 Å². The van der Waals surface area contributed by atoms with Gasteiger partial charge in [-0.3, -0.25) is 14.2 Å². The van der Waals surface area contributed by atoms with Gasteiger partial charge in [-0.05, 0) is 51.1 Å². The molecule has 1 aliphatic rings. The predicted molar refractivity (Wildman–Crippen MR) is 123 cm³/mol. The van der Waals surface area contributed by atoms with Gasteiger partial charge in [0.25, 0.3) is 10.1 Å². The fourth-order valence-corrected chi connectivity index (χ4v) is 4.41. The monoisotopic (exact) mass is 439 g/mol. The summed E-state index contributed by atoms with van der Waals surface area (Å²) in [6.45, 7) is 8.28. The fourth-order valence-electron chi connectivity index (χ4n) is 3.90. The molecular weight excluding hydrogens is 412 g/mol. The Bertz CT molecular complexity index is 1190. The molecule has 1 amide bonds. The number of hydrogen-bond donors (Lipinski definition) is 1. The van der Waals surface area contributed by atoms with Crippen LogP contribution in [0.15, 0.2) is 77.9 Å². The van der Waals surface area contributed by atoms with Crippen LogP contribution in [-0.4, -0.2) is 35.7 Å². The molecule has 0 fully saturated rings. The molecule has 1 aliphatic heterocycles. The van der Waals surface area contributed by atoms with Crippen molar-refractivity contribution >= 4 is 33.1 Å². The Morgan fingerprint density at radius 3 is 2.39 bits per heavy atom. The molecule has 0 unspecified atom stereocenters. The molecule has 1 heterocycles. The lowest BCUT2D eigenvalue weighted by molar-refractivity contribution is -0.433. The second-order valence-electron chi connectivity index (χ2n) is 7.83. The van der Waals surface area contributed by atoms with Gasteiger partial charge in [0.15, 0.2) is 5.71 Å². The van der Waals surface area contributed by atoms with Crippen molar-refractivity contribution in [1.29, 1.82) is 0 Å². The highest BCUT2D eigenvalue weighted by Gasteiger charge is 2.44. The molecule has 0 aromatic heterocycles. The molecule has 31 heavy (non-hydrogen) atoms. The van der Waals surface area contributed by atoms with E-state index in [9.17, 15) is 17.8 Å². The third kappa shape index (κ3) is 4.52. The minimum absolute atomic E-state index is 0.0926. The van der Waals surface area contributed by atoms with Crippen LogP contribution in [0.4, 0.5) is 11.4 Å². The van der Waals surface area contributed by atoms with E-state index in [2.05, 4.69) is 4.58 Å². The lowest BCUT2D eigenvalue weighted by Gasteiger charge is -2.16. The number of para-hydroxylation sites is 1. The van der Waals surface area contributed by atoms with Crippen molar-refractivity contribution in [3.05, 3.63) is 78.5 Å². The van der Waals surface area contributed by atoms with Crippen molar-refractivity contribution in [1.82, 2.24) is 0 Å². The minimum Gasteiger partial charge on any atom is -0.288 e. The van der Waals surface area contributed by atoms with Gasteiger partial charge in [-0.2, -0.15) is 13.0 Å². The van der Waals surface area contributed by atoms with Crippen LogP contribution < -0.4 is 4.90 Å². The molecular formula is C24H27N2O4S+. The molecule has 2 aromatic rings. The van der Waals surface area contributed by atoms with E-state index in [4.69, 9.17) is 0 Å². The average molecular weight is 440 g/mol. The Labute approximate surface area is 183 Å². The summed E-state index contributed by atoms with van der Waals surface area (Å²) in [7, 11) is -4.28. The summed E-state index contributed by atoms with van der Waals surface area (Å²) < 4.78 is 34.8. The third-order valence-corrected chi connectivity index (χ3v) is 6.30. The van der Waals surface area contributed by atoms with Crippen molar-refractivity contribution in [2.24, 2.45) is 0 Å². The van der Waals surface area contributed by atoms with Crippen molar-refractivity contribution in [3.63, 3.8) is 0 Å². The Hall–Kier alpha value is -3.03. The third-order valence-electron chi connectivity index (χ3n) is 5.45. The molecule has 0 saturated carbocycles. The van der Waals surface area contributed by atoms with E-state index in [1.54, 1.807) is 23.2 Å². The van der Waals surface area contributed by atoms with Gasteiger partial charge in [0.05, 0.1) is 10.3 Å². The van der Waals surface area contributed by atoms with Gasteiger partial charge in [0.2, 0.25) is 11.6 Å². The number of anilines is 1. The second-order valence-corrected chi connectivity index (χ2v) is 9.26. The van der Waals surface area contributed by atoms with E-state index < -0.39 is 15.5 Å². The van der Waals surface area contributed by atoms with Crippen LogP contribution in [0.5, 0.6) is 0 Å². The quantitative estimate of drug-likeness (QED) is 0.410. The number of nitrogens with zero attached hydrogens (tertiary/aromatic N) is 2. The van der Waals surface area contributed by atoms with Crippen LogP contribution in [0.1, 0.15) is 33.3 Å². The molecule has 0 bridgehead atoms. The molecule has 0 atom stereocenters. The van der Waals surface area contributed by atoms with E-state index in [0.29, 0.717) is 6.54 Å². The summed E-state index contributed by atoms with van der Waals surface area (Å²) >= 11 is 0. The second kappa shape index (κ2) is 8.61. The Kier molecular flexibility index (Phi) is 6.29. The normalized spacial score (nSPS) is 15.6. The van der Waals surface area contributed by atoms with Gasteiger partial charge in [0, 0.05) is 36.5 Å². The topological polar surface area (TPSA) is 77.7 Å². The van der Waals surface area contributed by atoms with Crippen LogP contribution in [0, 0.1) is 0 Å². The molecule has 0 aliphatic carbocycles. The summed E-state index contributed by atoms with van der Waals surface area (Å²) in [6.07, 6.45) is 7.36. The first-order valence-electron chi connectivity index (χ1n) is 10.0. The van der Waals surface area contributed by atoms with Gasteiger partial charge in [-0.1, -0.05) is 24.3 Å². The van der Waals surface area contributed by atoms with Crippen molar-refractivity contribution in [3.8, 4) is 0 Å². The lowest BCUT2D eigenvalue weighted by atomic mass is 9.81. The number of hydrogen-bond acceptors (Lipinski definition) is 3. The molecule has 0 radical (unpaired) electrons. The number of benzene rings is 2. The number of rotatable bonds is 6. The van der Waals surface area contributed by atoms with Crippen molar-refractivity contribution in [2.45, 2.75) is 38.0 Å². The van der Waals surface area contributed by atoms with Gasteiger partial charge in [0.1, 0.15) is 6.54 Å². The van der Waals surface area contributed by atoms with Crippen molar-refractivity contribution < 1.29 is 22.3 Å². The molecule has 6 nitrogen and oxygen atoms in total. The van der Waals surface area contributed by atoms with Gasteiger partial charge < -0.3 is 0 Å². The highest BCUT2D eigenvalue weighted by atomic mass is 32.2. The number of amides is 1. The van der Waals surface area contributed by atoms with Crippen LogP contribution in [0.25, 0.3) is 0 Å². The smallest absolute Gasteiger partial charge is 0.288 e. The summed E-state index contributed by atoms with van der Waals surface area (Å²) in [4.78, 5) is 13.5. The predicted octanol–water partition coefficient (Wildman–Crippen LogP) is 4.45. The number of carbonyl (C=O) groups is 1. The van der Waals surface area contributed by atoms with Crippen LogP contribution in [0.3, 0.4) is 0 Å². The lowest BCUT2D eigenvalue weighted by Crippen LogP contribution is -2.27. The maximum absolute atomic E-state index is 12.0. The molecule has 3 rings (SSSR count). The summed E-state index contributed by atoms with van der Waals surface area (Å²) in [6, 6.07) is 14.1. The maximum atomic E-state index is 12.0. The summed E-state index contributed by atoms with van der Waals surface area (Å²) in [5.41, 5.74) is 3.07. The molecule has 0 spiro atoms. The average Bonchev–Trinajstić information content (AvgIpc) is 2.93. The van der Waals surface area contributed by atoms with E-state index >= 15 is 0 Å². The number of fused-ring (bicyclic) bond motifs is 1. The standard InChI is InChI=1S/C24H26N2O4S/c1-5-25-22-15-14-20(31(28,29)30)17-21(22)24(3,4)23(25)13-9-10-16-26(18(2)27)19-11-7-6-8-12-19/h6-17H,5H2,1-4H3/p+1. The minimum atomic E-state index is -4.28. The van der Waals surface area contributed by atoms with Crippen LogP contribution >= 0.6 is 0 Å². The summed E-state index contributed by atoms with van der Waals surface area (Å²) in [5.74, 6) is -0.0926. The molecule has 0 saturated heterocycles. The highest BCUT2D eigenvalue weighted by Crippen LogP contribution is 2.41. The van der Waals surface area contributed by atoms with E-state index in [1.165, 1.54) is 19.1 Å². The summed E-state index contributed by atoms with van der Waals surface area (Å²) in [5, 5.41) is 0. The SMILES string of the molecule is CC[N+]1=C(/C=C/C=C/N(C(C)=O)c2ccccc2)C(C)(C)c2cc(S(=O)(=O)O)ccc21. The fraction of sp³-hybridized carbons (Fsp3) is 0.250. The van der Waals surface area contributed by atoms with Gasteiger partial charge in [-0.25, -0.2) is 0 Å². The first-order chi connectivity index (χ1) is 14.6. The molecule has 2 aromatic carbocycles.